The van der Waals surface area contributed by atoms with Crippen molar-refractivity contribution in [1.82, 2.24) is 9.80 Å². The Morgan fingerprint density at radius 3 is 2.16 bits per heavy atom. The molecule has 1 aliphatic carbocycles. The fourth-order valence-corrected chi connectivity index (χ4v) is 3.04. The lowest BCUT2D eigenvalue weighted by Gasteiger charge is -2.35. The predicted molar refractivity (Wildman–Crippen MR) is 74.5 cm³/mol. The Hall–Kier alpha value is -1.32. The summed E-state index contributed by atoms with van der Waals surface area (Å²) in [6.45, 7) is 1.73. The van der Waals surface area contributed by atoms with Crippen LogP contribution in [0.2, 0.25) is 0 Å². The summed E-state index contributed by atoms with van der Waals surface area (Å²) in [7, 11) is 3.53. The van der Waals surface area contributed by atoms with Crippen LogP contribution in [0.5, 0.6) is 0 Å². The Labute approximate surface area is 115 Å². The standard InChI is InChI=1S/C15H24N2O2/c1-16(2)14(18)12-8-4-5-9-13(12)15(19)17-10-6-3-7-11-17/h4-5,12-13H,3,6-11H2,1-2H3. The van der Waals surface area contributed by atoms with Crippen molar-refractivity contribution >= 4 is 11.8 Å². The minimum absolute atomic E-state index is 0.0831. The number of rotatable bonds is 2. The van der Waals surface area contributed by atoms with Crippen molar-refractivity contribution in [2.75, 3.05) is 27.2 Å². The van der Waals surface area contributed by atoms with Crippen LogP contribution in [0, 0.1) is 11.8 Å². The van der Waals surface area contributed by atoms with Crippen LogP contribution in [0.15, 0.2) is 12.2 Å². The van der Waals surface area contributed by atoms with Crippen LogP contribution in [0.25, 0.3) is 0 Å². The van der Waals surface area contributed by atoms with E-state index < -0.39 is 0 Å². The second-order valence-corrected chi connectivity index (χ2v) is 5.77. The molecule has 1 heterocycles. The molecule has 0 aromatic rings. The van der Waals surface area contributed by atoms with Gasteiger partial charge in [0.15, 0.2) is 0 Å². The zero-order chi connectivity index (χ0) is 13.8. The highest BCUT2D eigenvalue weighted by molar-refractivity contribution is 5.88. The Morgan fingerprint density at radius 2 is 1.58 bits per heavy atom. The van der Waals surface area contributed by atoms with Crippen molar-refractivity contribution in [3.05, 3.63) is 12.2 Å². The van der Waals surface area contributed by atoms with Crippen LogP contribution in [0.3, 0.4) is 0 Å². The van der Waals surface area contributed by atoms with Gasteiger partial charge in [-0.15, -0.1) is 0 Å². The molecule has 0 radical (unpaired) electrons. The largest absolute Gasteiger partial charge is 0.349 e. The van der Waals surface area contributed by atoms with Crippen molar-refractivity contribution in [2.45, 2.75) is 32.1 Å². The number of carbonyl (C=O) groups is 2. The predicted octanol–water partition coefficient (Wildman–Crippen LogP) is 1.67. The maximum atomic E-state index is 12.6. The molecular weight excluding hydrogens is 240 g/mol. The van der Waals surface area contributed by atoms with Crippen LogP contribution in [-0.2, 0) is 9.59 Å². The van der Waals surface area contributed by atoms with E-state index in [-0.39, 0.29) is 23.7 Å². The Kier molecular flexibility index (Phi) is 4.61. The van der Waals surface area contributed by atoms with Gasteiger partial charge in [0.1, 0.15) is 0 Å². The topological polar surface area (TPSA) is 40.6 Å². The monoisotopic (exact) mass is 264 g/mol. The summed E-state index contributed by atoms with van der Waals surface area (Å²) in [6.07, 6.45) is 8.90. The Morgan fingerprint density at radius 1 is 1.00 bits per heavy atom. The second-order valence-electron chi connectivity index (χ2n) is 5.77. The molecule has 0 aromatic carbocycles. The van der Waals surface area contributed by atoms with E-state index >= 15 is 0 Å². The van der Waals surface area contributed by atoms with Gasteiger partial charge in [0.25, 0.3) is 0 Å². The SMILES string of the molecule is CN(C)C(=O)C1CC=CCC1C(=O)N1CCCCC1. The lowest BCUT2D eigenvalue weighted by atomic mass is 9.81. The summed E-state index contributed by atoms with van der Waals surface area (Å²) in [5, 5.41) is 0. The van der Waals surface area contributed by atoms with E-state index in [0.717, 1.165) is 25.9 Å². The first-order valence-electron chi connectivity index (χ1n) is 7.26. The molecule has 2 atom stereocenters. The molecule has 2 rings (SSSR count). The molecule has 2 unspecified atom stereocenters. The smallest absolute Gasteiger partial charge is 0.226 e. The van der Waals surface area contributed by atoms with E-state index in [9.17, 15) is 9.59 Å². The first kappa shape index (κ1) is 14.1. The lowest BCUT2D eigenvalue weighted by molar-refractivity contribution is -0.145. The van der Waals surface area contributed by atoms with Gasteiger partial charge >= 0.3 is 0 Å². The van der Waals surface area contributed by atoms with Crippen LogP contribution in [-0.4, -0.2) is 48.8 Å². The lowest BCUT2D eigenvalue weighted by Crippen LogP contribution is -2.46. The van der Waals surface area contributed by atoms with Crippen molar-refractivity contribution in [2.24, 2.45) is 11.8 Å². The van der Waals surface area contributed by atoms with Gasteiger partial charge in [-0.1, -0.05) is 12.2 Å². The summed E-state index contributed by atoms with van der Waals surface area (Å²) in [6, 6.07) is 0. The maximum absolute atomic E-state index is 12.6. The van der Waals surface area contributed by atoms with Crippen molar-refractivity contribution in [3.8, 4) is 0 Å². The molecule has 0 saturated carbocycles. The summed E-state index contributed by atoms with van der Waals surface area (Å²) >= 11 is 0. The van der Waals surface area contributed by atoms with Crippen molar-refractivity contribution in [1.29, 1.82) is 0 Å². The Balaban J connectivity index is 2.08. The molecule has 0 bridgehead atoms. The van der Waals surface area contributed by atoms with E-state index in [1.807, 2.05) is 17.1 Å². The number of hydrogen-bond donors (Lipinski definition) is 0. The molecule has 2 aliphatic rings. The first-order chi connectivity index (χ1) is 9.11. The Bertz CT molecular complexity index is 370. The fraction of sp³-hybridized carbons (Fsp3) is 0.733. The average Bonchev–Trinajstić information content (AvgIpc) is 2.46. The first-order valence-corrected chi connectivity index (χ1v) is 7.26. The second kappa shape index (κ2) is 6.22. The number of allylic oxidation sites excluding steroid dienone is 2. The fourth-order valence-electron chi connectivity index (χ4n) is 3.04. The third kappa shape index (κ3) is 3.17. The van der Waals surface area contributed by atoms with E-state index in [1.54, 1.807) is 19.0 Å². The molecule has 0 aromatic heterocycles. The molecule has 19 heavy (non-hydrogen) atoms. The highest BCUT2D eigenvalue weighted by Gasteiger charge is 2.37. The number of hydrogen-bond acceptors (Lipinski definition) is 2. The molecule has 106 valence electrons. The van der Waals surface area contributed by atoms with Crippen LogP contribution < -0.4 is 0 Å². The third-order valence-corrected chi connectivity index (χ3v) is 4.18. The number of piperidine rings is 1. The van der Waals surface area contributed by atoms with Gasteiger partial charge in [-0.25, -0.2) is 0 Å². The van der Waals surface area contributed by atoms with Crippen molar-refractivity contribution in [3.63, 3.8) is 0 Å². The average molecular weight is 264 g/mol. The van der Waals surface area contributed by atoms with Crippen molar-refractivity contribution < 1.29 is 9.59 Å². The molecule has 1 fully saturated rings. The molecule has 4 heteroatoms. The molecule has 4 nitrogen and oxygen atoms in total. The zero-order valence-corrected chi connectivity index (χ0v) is 12.0. The van der Waals surface area contributed by atoms with Gasteiger partial charge in [0.2, 0.25) is 11.8 Å². The molecule has 1 saturated heterocycles. The van der Waals surface area contributed by atoms with Crippen LogP contribution in [0.1, 0.15) is 32.1 Å². The van der Waals surface area contributed by atoms with Gasteiger partial charge in [-0.2, -0.15) is 0 Å². The van der Waals surface area contributed by atoms with Gasteiger partial charge in [0, 0.05) is 27.2 Å². The highest BCUT2D eigenvalue weighted by Crippen LogP contribution is 2.29. The van der Waals surface area contributed by atoms with Crippen LogP contribution in [0.4, 0.5) is 0 Å². The van der Waals surface area contributed by atoms with E-state index in [0.29, 0.717) is 12.8 Å². The normalized spacial score (nSPS) is 27.2. The quantitative estimate of drug-likeness (QED) is 0.712. The molecule has 0 N–H and O–H groups in total. The minimum atomic E-state index is -0.172. The van der Waals surface area contributed by atoms with E-state index in [4.69, 9.17) is 0 Å². The third-order valence-electron chi connectivity index (χ3n) is 4.18. The van der Waals surface area contributed by atoms with Gasteiger partial charge < -0.3 is 9.80 Å². The molecule has 1 aliphatic heterocycles. The minimum Gasteiger partial charge on any atom is -0.349 e. The van der Waals surface area contributed by atoms with Gasteiger partial charge in [0.05, 0.1) is 11.8 Å². The van der Waals surface area contributed by atoms with Gasteiger partial charge in [-0.05, 0) is 32.1 Å². The highest BCUT2D eigenvalue weighted by atomic mass is 16.2. The molecule has 2 amide bonds. The summed E-state index contributed by atoms with van der Waals surface area (Å²) in [5.74, 6) is -0.0589. The molecular formula is C15H24N2O2. The summed E-state index contributed by atoms with van der Waals surface area (Å²) in [4.78, 5) is 28.4. The number of amides is 2. The van der Waals surface area contributed by atoms with Crippen LogP contribution >= 0.6 is 0 Å². The number of nitrogens with zero attached hydrogens (tertiary/aromatic N) is 2. The molecule has 0 spiro atoms. The van der Waals surface area contributed by atoms with E-state index in [2.05, 4.69) is 0 Å². The van der Waals surface area contributed by atoms with Gasteiger partial charge in [-0.3, -0.25) is 9.59 Å². The maximum Gasteiger partial charge on any atom is 0.226 e. The van der Waals surface area contributed by atoms with E-state index in [1.165, 1.54) is 6.42 Å². The summed E-state index contributed by atoms with van der Waals surface area (Å²) < 4.78 is 0. The summed E-state index contributed by atoms with van der Waals surface area (Å²) in [5.41, 5.74) is 0. The number of carbonyl (C=O) groups excluding carboxylic acids is 2. The zero-order valence-electron chi connectivity index (χ0n) is 12.0. The number of likely N-dealkylation sites (tertiary alicyclic amines) is 1.